The molecule has 3 aromatic rings. The highest BCUT2D eigenvalue weighted by atomic mass is 35.5. The van der Waals surface area contributed by atoms with Crippen molar-refractivity contribution in [2.75, 3.05) is 19.6 Å². The van der Waals surface area contributed by atoms with Crippen molar-refractivity contribution in [3.8, 4) is 11.5 Å². The highest BCUT2D eigenvalue weighted by Crippen LogP contribution is 2.28. The van der Waals surface area contributed by atoms with Crippen LogP contribution in [0.1, 0.15) is 35.5 Å². The number of piperidine rings is 1. The van der Waals surface area contributed by atoms with Crippen molar-refractivity contribution in [1.82, 2.24) is 19.8 Å². The second-order valence-corrected chi connectivity index (χ2v) is 10.5. The number of hydrogen-bond donors (Lipinski definition) is 1. The van der Waals surface area contributed by atoms with Crippen LogP contribution in [0.2, 0.25) is 5.02 Å². The van der Waals surface area contributed by atoms with Crippen molar-refractivity contribution in [2.45, 2.75) is 29.9 Å². The Morgan fingerprint density at radius 3 is 2.65 bits per heavy atom. The minimum absolute atomic E-state index is 0.0754. The van der Waals surface area contributed by atoms with Crippen LogP contribution in [-0.4, -0.2) is 49.1 Å². The van der Waals surface area contributed by atoms with E-state index >= 15 is 0 Å². The van der Waals surface area contributed by atoms with Crippen molar-refractivity contribution in [2.24, 2.45) is 0 Å². The zero-order valence-electron chi connectivity index (χ0n) is 16.6. The second kappa shape index (κ2) is 9.47. The van der Waals surface area contributed by atoms with Crippen LogP contribution in [0.5, 0.6) is 0 Å². The monoisotopic (exact) mass is 480 g/mol. The molecule has 2 aromatic heterocycles. The Hall–Kier alpha value is -2.27. The van der Waals surface area contributed by atoms with E-state index in [0.717, 1.165) is 36.2 Å². The molecule has 1 N–H and O–H groups in total. The number of likely N-dealkylation sites (tertiary alicyclic amines) is 1. The van der Waals surface area contributed by atoms with Gasteiger partial charge in [0.25, 0.3) is 0 Å². The van der Waals surface area contributed by atoms with Crippen LogP contribution in [0.4, 0.5) is 0 Å². The van der Waals surface area contributed by atoms with Crippen LogP contribution in [0, 0.1) is 0 Å². The van der Waals surface area contributed by atoms with Gasteiger partial charge >= 0.3 is 11.8 Å². The number of halogens is 1. The summed E-state index contributed by atoms with van der Waals surface area (Å²) < 4.78 is 33.4. The van der Waals surface area contributed by atoms with Crippen LogP contribution in [0.25, 0.3) is 11.5 Å². The number of amides is 1. The maximum atomic E-state index is 12.6. The average molecular weight is 481 g/mol. The number of carbonyl (C=O) groups excluding carboxylic acids is 1. The van der Waals surface area contributed by atoms with Gasteiger partial charge in [0, 0.05) is 30.0 Å². The summed E-state index contributed by atoms with van der Waals surface area (Å²) in [6.45, 7) is 1.62. The fraction of sp³-hybridized carbons (Fsp3) is 0.350. The molecule has 8 nitrogen and oxygen atoms in total. The summed E-state index contributed by atoms with van der Waals surface area (Å²) in [7, 11) is -3.67. The van der Waals surface area contributed by atoms with E-state index in [1.165, 1.54) is 6.07 Å². The summed E-state index contributed by atoms with van der Waals surface area (Å²) in [6, 6.07) is 8.73. The van der Waals surface area contributed by atoms with Crippen LogP contribution in [0.15, 0.2) is 44.3 Å². The summed E-state index contributed by atoms with van der Waals surface area (Å²) in [4.78, 5) is 14.2. The first-order valence-corrected chi connectivity index (χ1v) is 12.6. The zero-order valence-corrected chi connectivity index (χ0v) is 19.0. The highest BCUT2D eigenvalue weighted by molar-refractivity contribution is 7.91. The molecule has 0 bridgehead atoms. The highest BCUT2D eigenvalue weighted by Gasteiger charge is 2.25. The van der Waals surface area contributed by atoms with Gasteiger partial charge in [-0.25, -0.2) is 13.1 Å². The first kappa shape index (κ1) is 21.9. The van der Waals surface area contributed by atoms with Crippen LogP contribution < -0.4 is 4.72 Å². The number of thiophene rings is 1. The van der Waals surface area contributed by atoms with Crippen LogP contribution >= 0.6 is 22.9 Å². The van der Waals surface area contributed by atoms with Gasteiger partial charge in [-0.15, -0.1) is 21.5 Å². The molecule has 11 heteroatoms. The Bertz CT molecular complexity index is 1150. The summed E-state index contributed by atoms with van der Waals surface area (Å²) in [6.07, 6.45) is 3.58. The number of benzene rings is 1. The number of sulfonamides is 1. The third kappa shape index (κ3) is 5.32. The van der Waals surface area contributed by atoms with E-state index in [2.05, 4.69) is 14.9 Å². The molecule has 0 aliphatic carbocycles. The molecule has 0 spiro atoms. The Morgan fingerprint density at radius 2 is 1.90 bits per heavy atom. The van der Waals surface area contributed by atoms with Gasteiger partial charge in [-0.2, -0.15) is 0 Å². The number of rotatable bonds is 7. The lowest BCUT2D eigenvalue weighted by molar-refractivity contribution is 0.0684. The molecule has 0 atom stereocenters. The molecular formula is C20H21ClN4O4S2. The Balaban J connectivity index is 1.39. The fourth-order valence-corrected chi connectivity index (χ4v) is 5.64. The summed E-state index contributed by atoms with van der Waals surface area (Å²) in [5, 5.41) is 10.0. The van der Waals surface area contributed by atoms with E-state index in [1.54, 1.807) is 22.4 Å². The standard InChI is InChI=1S/C20H21ClN4O4S2/c21-16-6-4-14(5-7-16)8-9-22-31(27,28)17-12-15(13-30-17)18-23-24-19(29-18)20(26)25-10-2-1-3-11-25/h4-7,12-13,22H,1-3,8-11H2. The Labute approximate surface area is 189 Å². The SMILES string of the molecule is O=C(c1nnc(-c2csc(S(=O)(=O)NCCc3ccc(Cl)cc3)c2)o1)N1CCCCC1. The quantitative estimate of drug-likeness (QED) is 0.554. The smallest absolute Gasteiger partial charge is 0.311 e. The predicted molar refractivity (Wildman–Crippen MR) is 118 cm³/mol. The van der Waals surface area contributed by atoms with Gasteiger partial charge < -0.3 is 9.32 Å². The lowest BCUT2D eigenvalue weighted by Crippen LogP contribution is -2.35. The molecule has 4 rings (SSSR count). The van der Waals surface area contributed by atoms with Gasteiger partial charge in [0.2, 0.25) is 15.9 Å². The molecule has 0 saturated carbocycles. The van der Waals surface area contributed by atoms with Crippen molar-refractivity contribution < 1.29 is 17.6 Å². The lowest BCUT2D eigenvalue weighted by atomic mass is 10.1. The van der Waals surface area contributed by atoms with E-state index < -0.39 is 10.0 Å². The molecule has 31 heavy (non-hydrogen) atoms. The number of aromatic nitrogens is 2. The van der Waals surface area contributed by atoms with Gasteiger partial charge in [-0.1, -0.05) is 23.7 Å². The van der Waals surface area contributed by atoms with E-state index in [9.17, 15) is 13.2 Å². The number of nitrogens with one attached hydrogen (secondary N) is 1. The Morgan fingerprint density at radius 1 is 1.16 bits per heavy atom. The third-order valence-corrected chi connectivity index (χ3v) is 8.11. The largest absolute Gasteiger partial charge is 0.412 e. The second-order valence-electron chi connectivity index (χ2n) is 7.19. The molecule has 1 aliphatic rings. The third-order valence-electron chi connectivity index (χ3n) is 4.96. The summed E-state index contributed by atoms with van der Waals surface area (Å²) >= 11 is 6.92. The topological polar surface area (TPSA) is 105 Å². The Kier molecular flexibility index (Phi) is 6.71. The number of carbonyl (C=O) groups is 1. The van der Waals surface area contributed by atoms with Crippen molar-refractivity contribution in [3.05, 3.63) is 52.2 Å². The van der Waals surface area contributed by atoms with Gasteiger partial charge in [0.1, 0.15) is 4.21 Å². The first-order valence-electron chi connectivity index (χ1n) is 9.88. The molecule has 1 fully saturated rings. The fourth-order valence-electron chi connectivity index (χ4n) is 3.28. The van der Waals surface area contributed by atoms with E-state index in [4.69, 9.17) is 16.0 Å². The molecule has 1 amide bonds. The van der Waals surface area contributed by atoms with Crippen LogP contribution in [-0.2, 0) is 16.4 Å². The molecule has 3 heterocycles. The maximum Gasteiger partial charge on any atom is 0.311 e. The summed E-state index contributed by atoms with van der Waals surface area (Å²) in [5.74, 6) is -0.238. The molecule has 1 saturated heterocycles. The average Bonchev–Trinajstić information content (AvgIpc) is 3.45. The van der Waals surface area contributed by atoms with Crippen LogP contribution in [0.3, 0.4) is 0 Å². The van der Waals surface area contributed by atoms with Gasteiger partial charge in [0.05, 0.1) is 5.56 Å². The number of nitrogens with zero attached hydrogens (tertiary/aromatic N) is 3. The minimum Gasteiger partial charge on any atom is -0.412 e. The molecular weight excluding hydrogens is 460 g/mol. The molecule has 0 unspecified atom stereocenters. The molecule has 0 radical (unpaired) electrons. The van der Waals surface area contributed by atoms with Gasteiger partial charge in [0.15, 0.2) is 0 Å². The van der Waals surface area contributed by atoms with Gasteiger partial charge in [-0.05, 0) is 49.4 Å². The molecule has 1 aliphatic heterocycles. The van der Waals surface area contributed by atoms with E-state index in [1.807, 2.05) is 12.1 Å². The minimum atomic E-state index is -3.67. The lowest BCUT2D eigenvalue weighted by Gasteiger charge is -2.24. The first-order chi connectivity index (χ1) is 14.9. The van der Waals surface area contributed by atoms with E-state index in [0.29, 0.717) is 30.1 Å². The molecule has 164 valence electrons. The predicted octanol–water partition coefficient (Wildman–Crippen LogP) is 3.60. The summed E-state index contributed by atoms with van der Waals surface area (Å²) in [5.41, 5.74) is 1.45. The van der Waals surface area contributed by atoms with Crippen molar-refractivity contribution in [3.63, 3.8) is 0 Å². The van der Waals surface area contributed by atoms with Gasteiger partial charge in [-0.3, -0.25) is 4.79 Å². The maximum absolute atomic E-state index is 12.6. The number of hydrogen-bond acceptors (Lipinski definition) is 7. The van der Waals surface area contributed by atoms with Crippen molar-refractivity contribution in [1.29, 1.82) is 0 Å². The molecule has 1 aromatic carbocycles. The van der Waals surface area contributed by atoms with E-state index in [-0.39, 0.29) is 28.4 Å². The zero-order chi connectivity index (χ0) is 21.8. The normalized spacial score (nSPS) is 14.7. The van der Waals surface area contributed by atoms with Crippen molar-refractivity contribution >= 4 is 38.9 Å².